The molecule has 4 aromatic heterocycles. The molecule has 0 bridgehead atoms. The van der Waals surface area contributed by atoms with Gasteiger partial charge >= 0.3 is 0 Å². The number of methoxy groups -OCH3 is 2. The highest BCUT2D eigenvalue weighted by molar-refractivity contribution is 5.80. The van der Waals surface area contributed by atoms with Crippen LogP contribution in [0.15, 0.2) is 36.5 Å². The van der Waals surface area contributed by atoms with Gasteiger partial charge in [-0.1, -0.05) is 0 Å². The molecule has 11 nitrogen and oxygen atoms in total. The van der Waals surface area contributed by atoms with Gasteiger partial charge in [-0.3, -0.25) is 11.7 Å². The third-order valence-electron chi connectivity index (χ3n) is 4.41. The maximum Gasteiger partial charge on any atom is 0.212 e. The van der Waals surface area contributed by atoms with Crippen LogP contribution >= 0.6 is 0 Å². The summed E-state index contributed by atoms with van der Waals surface area (Å²) in [5.41, 5.74) is 10.5. The number of ether oxygens (including phenoxy) is 2. The van der Waals surface area contributed by atoms with Crippen LogP contribution in [-0.4, -0.2) is 50.4 Å². The number of pyridine rings is 1. The predicted octanol–water partition coefficient (Wildman–Crippen LogP) is 1.16. The molecule has 6 N–H and O–H groups in total. The molecule has 0 radical (unpaired) electrons. The van der Waals surface area contributed by atoms with Gasteiger partial charge in [0, 0.05) is 37.4 Å². The molecule has 4 aromatic rings. The average Bonchev–Trinajstić information content (AvgIpc) is 3.17. The van der Waals surface area contributed by atoms with Crippen LogP contribution in [0.3, 0.4) is 0 Å². The minimum absolute atomic E-state index is 0.386. The summed E-state index contributed by atoms with van der Waals surface area (Å²) in [5, 5.41) is 4.76. The zero-order chi connectivity index (χ0) is 22.4. The molecule has 0 aliphatic heterocycles. The lowest BCUT2D eigenvalue weighted by atomic mass is 10.1. The van der Waals surface area contributed by atoms with Crippen molar-refractivity contribution in [3.05, 3.63) is 48.0 Å². The number of rotatable bonds is 6. The number of nitrogens with zero attached hydrogens (tertiary/aromatic N) is 6. The van der Waals surface area contributed by atoms with E-state index in [9.17, 15) is 0 Å². The van der Waals surface area contributed by atoms with Crippen LogP contribution in [0.1, 0.15) is 11.5 Å². The summed E-state index contributed by atoms with van der Waals surface area (Å²) >= 11 is 0. The Morgan fingerprint density at radius 2 is 1.84 bits per heavy atom. The quantitative estimate of drug-likeness (QED) is 0.302. The lowest BCUT2D eigenvalue weighted by Gasteiger charge is -2.07. The molecular weight excluding hydrogens is 398 g/mol. The number of hydrazine groups is 1. The Hall–Kier alpha value is -3.67. The lowest BCUT2D eigenvalue weighted by molar-refractivity contribution is 0.201. The smallest absolute Gasteiger partial charge is 0.212 e. The molecule has 0 saturated carbocycles. The SMILES string of the molecule is COCCc1ccc2nc(-c3ccc(OC)nc3)c(-c3cc(N)nc(C)n3)n2n1.NN. The molecule has 4 rings (SSSR count). The van der Waals surface area contributed by atoms with Gasteiger partial charge in [0.1, 0.15) is 23.0 Å². The van der Waals surface area contributed by atoms with Crippen LogP contribution in [0.4, 0.5) is 5.82 Å². The van der Waals surface area contributed by atoms with Crippen LogP contribution in [0.25, 0.3) is 28.3 Å². The number of fused-ring (bicyclic) bond motifs is 1. The van der Waals surface area contributed by atoms with Crippen LogP contribution in [0.5, 0.6) is 5.88 Å². The maximum atomic E-state index is 5.99. The molecule has 0 aliphatic rings. The van der Waals surface area contributed by atoms with Crippen LogP contribution in [-0.2, 0) is 11.2 Å². The number of hydrogen-bond donors (Lipinski definition) is 3. The van der Waals surface area contributed by atoms with Gasteiger partial charge in [0.2, 0.25) is 5.88 Å². The average molecular weight is 423 g/mol. The number of nitrogen functional groups attached to an aromatic ring is 1. The Kier molecular flexibility index (Phi) is 7.03. The van der Waals surface area contributed by atoms with E-state index in [0.29, 0.717) is 47.6 Å². The van der Waals surface area contributed by atoms with E-state index in [2.05, 4.69) is 26.6 Å². The molecule has 4 heterocycles. The normalized spacial score (nSPS) is 10.6. The summed E-state index contributed by atoms with van der Waals surface area (Å²) in [6.07, 6.45) is 2.40. The Labute approximate surface area is 179 Å². The third kappa shape index (κ3) is 4.74. The monoisotopic (exact) mass is 423 g/mol. The highest BCUT2D eigenvalue weighted by Crippen LogP contribution is 2.32. The van der Waals surface area contributed by atoms with Crippen molar-refractivity contribution in [2.75, 3.05) is 26.6 Å². The molecule has 0 atom stereocenters. The zero-order valence-electron chi connectivity index (χ0n) is 17.6. The first kappa shape index (κ1) is 22.0. The van der Waals surface area contributed by atoms with Gasteiger partial charge in [0.15, 0.2) is 5.65 Å². The summed E-state index contributed by atoms with van der Waals surface area (Å²) in [6, 6.07) is 9.29. The van der Waals surface area contributed by atoms with Crippen molar-refractivity contribution in [2.24, 2.45) is 11.7 Å². The Morgan fingerprint density at radius 1 is 1.03 bits per heavy atom. The first-order chi connectivity index (χ1) is 15.1. The molecule has 0 aliphatic carbocycles. The molecule has 162 valence electrons. The summed E-state index contributed by atoms with van der Waals surface area (Å²) in [5.74, 6) is 9.49. The lowest BCUT2D eigenvalue weighted by Crippen LogP contribution is -2.04. The van der Waals surface area contributed by atoms with Crippen LogP contribution in [0, 0.1) is 6.92 Å². The second kappa shape index (κ2) is 9.89. The number of imidazole rings is 1. The highest BCUT2D eigenvalue weighted by atomic mass is 16.5. The number of aryl methyl sites for hydroxylation is 1. The molecule has 11 heteroatoms. The second-order valence-electron chi connectivity index (χ2n) is 6.46. The topological polar surface area (TPSA) is 165 Å². The first-order valence-corrected chi connectivity index (χ1v) is 9.42. The van der Waals surface area contributed by atoms with Crippen molar-refractivity contribution in [1.29, 1.82) is 0 Å². The largest absolute Gasteiger partial charge is 0.481 e. The van der Waals surface area contributed by atoms with Crippen molar-refractivity contribution < 1.29 is 9.47 Å². The van der Waals surface area contributed by atoms with Crippen LogP contribution < -0.4 is 22.2 Å². The number of hydrogen-bond acceptors (Lipinski definition) is 10. The Morgan fingerprint density at radius 3 is 2.48 bits per heavy atom. The molecule has 0 saturated heterocycles. The number of nitrogens with two attached hydrogens (primary N) is 3. The predicted molar refractivity (Wildman–Crippen MR) is 117 cm³/mol. The summed E-state index contributed by atoms with van der Waals surface area (Å²) in [7, 11) is 3.25. The van der Waals surface area contributed by atoms with Gasteiger partial charge in [-0.25, -0.2) is 24.5 Å². The highest BCUT2D eigenvalue weighted by Gasteiger charge is 2.20. The summed E-state index contributed by atoms with van der Waals surface area (Å²) < 4.78 is 12.1. The maximum absolute atomic E-state index is 5.99. The summed E-state index contributed by atoms with van der Waals surface area (Å²) in [4.78, 5) is 17.8. The van der Waals surface area contributed by atoms with Gasteiger partial charge in [-0.15, -0.1) is 0 Å². The van der Waals surface area contributed by atoms with Crippen molar-refractivity contribution in [2.45, 2.75) is 13.3 Å². The number of anilines is 1. The van der Waals surface area contributed by atoms with Gasteiger partial charge < -0.3 is 15.2 Å². The van der Waals surface area contributed by atoms with E-state index in [0.717, 1.165) is 17.0 Å². The number of aromatic nitrogens is 6. The molecule has 0 fully saturated rings. The van der Waals surface area contributed by atoms with E-state index < -0.39 is 0 Å². The first-order valence-electron chi connectivity index (χ1n) is 9.42. The van der Waals surface area contributed by atoms with Crippen LogP contribution in [0.2, 0.25) is 0 Å². The Bertz CT molecular complexity index is 1140. The minimum Gasteiger partial charge on any atom is -0.481 e. The molecular formula is C20H25N9O2. The fourth-order valence-corrected chi connectivity index (χ4v) is 3.10. The van der Waals surface area contributed by atoms with Gasteiger partial charge in [-0.05, 0) is 25.1 Å². The molecule has 0 amide bonds. The van der Waals surface area contributed by atoms with Gasteiger partial charge in [0.25, 0.3) is 0 Å². The third-order valence-corrected chi connectivity index (χ3v) is 4.41. The Balaban J connectivity index is 0.00000132. The van der Waals surface area contributed by atoms with E-state index >= 15 is 0 Å². The van der Waals surface area contributed by atoms with E-state index in [1.54, 1.807) is 44.0 Å². The van der Waals surface area contributed by atoms with Crippen molar-refractivity contribution in [1.82, 2.24) is 29.5 Å². The van der Waals surface area contributed by atoms with Crippen molar-refractivity contribution in [3.8, 4) is 28.5 Å². The second-order valence-corrected chi connectivity index (χ2v) is 6.46. The van der Waals surface area contributed by atoms with Crippen molar-refractivity contribution in [3.63, 3.8) is 0 Å². The van der Waals surface area contributed by atoms with E-state index in [4.69, 9.17) is 25.3 Å². The standard InChI is InChI=1S/C20H21N7O2.H4N2/c1-12-23-15(10-16(21)24-12)20-19(13-4-7-18(29-3)22-11-13)25-17-6-5-14(8-9-28-2)26-27(17)20;1-2/h4-7,10-11H,8-9H2,1-3H3,(H2,21,23,24);1-2H2. The van der Waals surface area contributed by atoms with Gasteiger partial charge in [-0.2, -0.15) is 5.10 Å². The van der Waals surface area contributed by atoms with Gasteiger partial charge in [0.05, 0.1) is 25.1 Å². The molecule has 0 spiro atoms. The zero-order valence-corrected chi connectivity index (χ0v) is 17.6. The van der Waals surface area contributed by atoms with E-state index in [1.165, 1.54) is 0 Å². The molecule has 0 aromatic carbocycles. The van der Waals surface area contributed by atoms with E-state index in [-0.39, 0.29) is 0 Å². The fourth-order valence-electron chi connectivity index (χ4n) is 3.10. The fraction of sp³-hybridized carbons (Fsp3) is 0.250. The molecule has 31 heavy (non-hydrogen) atoms. The minimum atomic E-state index is 0.386. The summed E-state index contributed by atoms with van der Waals surface area (Å²) in [6.45, 7) is 2.38. The van der Waals surface area contributed by atoms with Crippen molar-refractivity contribution >= 4 is 11.5 Å². The molecule has 0 unspecified atom stereocenters. The van der Waals surface area contributed by atoms with E-state index in [1.807, 2.05) is 18.2 Å².